The maximum Gasteiger partial charge on any atom is 0.266 e. The predicted octanol–water partition coefficient (Wildman–Crippen LogP) is 1.53. The van der Waals surface area contributed by atoms with Gasteiger partial charge in [0.15, 0.2) is 0 Å². The number of hydrogen-bond acceptors (Lipinski definition) is 7. The molecule has 1 aromatic carbocycles. The average Bonchev–Trinajstić information content (AvgIpc) is 3.20. The van der Waals surface area contributed by atoms with Gasteiger partial charge in [-0.1, -0.05) is 6.42 Å². The van der Waals surface area contributed by atoms with Crippen molar-refractivity contribution in [2.45, 2.75) is 31.8 Å². The van der Waals surface area contributed by atoms with Gasteiger partial charge < -0.3 is 5.32 Å². The van der Waals surface area contributed by atoms with Crippen LogP contribution in [0.1, 0.15) is 29.6 Å². The van der Waals surface area contributed by atoms with Crippen molar-refractivity contribution in [1.82, 2.24) is 28.7 Å². The summed E-state index contributed by atoms with van der Waals surface area (Å²) in [6, 6.07) is 8.82. The number of rotatable bonds is 6. The Labute approximate surface area is 166 Å². The fourth-order valence-electron chi connectivity index (χ4n) is 3.60. The van der Waals surface area contributed by atoms with Crippen molar-refractivity contribution in [2.24, 2.45) is 0 Å². The molecule has 1 aliphatic rings. The Balaban J connectivity index is 1.35. The van der Waals surface area contributed by atoms with E-state index in [2.05, 4.69) is 24.1 Å². The van der Waals surface area contributed by atoms with Crippen molar-refractivity contribution in [3.05, 3.63) is 52.4 Å². The highest BCUT2D eigenvalue weighted by molar-refractivity contribution is 7.00. The second kappa shape index (κ2) is 8.57. The third-order valence-electron chi connectivity index (χ3n) is 5.15. The van der Waals surface area contributed by atoms with Crippen LogP contribution in [0.4, 0.5) is 0 Å². The minimum absolute atomic E-state index is 0.0868. The van der Waals surface area contributed by atoms with Crippen molar-refractivity contribution in [2.75, 3.05) is 19.6 Å². The van der Waals surface area contributed by atoms with Gasteiger partial charge in [0.1, 0.15) is 11.0 Å². The van der Waals surface area contributed by atoms with Crippen LogP contribution in [0.15, 0.2) is 41.3 Å². The number of aromatic nitrogens is 4. The van der Waals surface area contributed by atoms with Crippen LogP contribution in [0.5, 0.6) is 0 Å². The van der Waals surface area contributed by atoms with Crippen molar-refractivity contribution in [1.29, 1.82) is 0 Å². The lowest BCUT2D eigenvalue weighted by atomic mass is 10.0. The third kappa shape index (κ3) is 4.26. The summed E-state index contributed by atoms with van der Waals surface area (Å²) in [6.07, 6.45) is 4.95. The lowest BCUT2D eigenvalue weighted by molar-refractivity contribution is 0.0909. The van der Waals surface area contributed by atoms with Crippen LogP contribution in [0, 0.1) is 0 Å². The Hall–Kier alpha value is -2.65. The van der Waals surface area contributed by atoms with Gasteiger partial charge in [0.25, 0.3) is 11.5 Å². The Morgan fingerprint density at radius 2 is 2.07 bits per heavy atom. The maximum atomic E-state index is 12.6. The lowest BCUT2D eigenvalue weighted by Gasteiger charge is -2.35. The van der Waals surface area contributed by atoms with Crippen LogP contribution < -0.4 is 10.9 Å². The zero-order chi connectivity index (χ0) is 19.3. The molecule has 0 aliphatic carbocycles. The Morgan fingerprint density at radius 1 is 1.18 bits per heavy atom. The number of piperidine rings is 1. The van der Waals surface area contributed by atoms with E-state index in [1.54, 1.807) is 24.4 Å². The quantitative estimate of drug-likeness (QED) is 0.677. The molecule has 28 heavy (non-hydrogen) atoms. The molecule has 3 aromatic rings. The molecule has 4 rings (SSSR count). The Kier molecular flexibility index (Phi) is 5.73. The summed E-state index contributed by atoms with van der Waals surface area (Å²) in [4.78, 5) is 26.7. The molecule has 1 amide bonds. The van der Waals surface area contributed by atoms with E-state index in [4.69, 9.17) is 0 Å². The van der Waals surface area contributed by atoms with Crippen LogP contribution in [0.3, 0.4) is 0 Å². The molecule has 8 nitrogen and oxygen atoms in total. The van der Waals surface area contributed by atoms with Gasteiger partial charge in [-0.25, -0.2) is 4.68 Å². The van der Waals surface area contributed by atoms with E-state index in [0.717, 1.165) is 55.1 Å². The first kappa shape index (κ1) is 18.7. The first-order valence-corrected chi connectivity index (χ1v) is 10.2. The molecule has 1 atom stereocenters. The van der Waals surface area contributed by atoms with Gasteiger partial charge in [-0.05, 0) is 43.7 Å². The van der Waals surface area contributed by atoms with E-state index < -0.39 is 0 Å². The fraction of sp³-hybridized carbons (Fsp3) is 0.421. The summed E-state index contributed by atoms with van der Waals surface area (Å²) >= 11 is 1.15. The first-order valence-electron chi connectivity index (χ1n) is 9.47. The number of carbonyl (C=O) groups excluding carboxylic acids is 1. The van der Waals surface area contributed by atoms with Crippen molar-refractivity contribution in [3.8, 4) is 0 Å². The zero-order valence-corrected chi connectivity index (χ0v) is 16.3. The number of nitrogens with one attached hydrogen (secondary N) is 1. The molecule has 1 aliphatic heterocycles. The number of carbonyl (C=O) groups is 1. The fourth-order valence-corrected chi connectivity index (χ4v) is 4.12. The van der Waals surface area contributed by atoms with E-state index in [0.29, 0.717) is 18.7 Å². The van der Waals surface area contributed by atoms with Gasteiger partial charge >= 0.3 is 0 Å². The van der Waals surface area contributed by atoms with E-state index in [-0.39, 0.29) is 17.5 Å². The summed E-state index contributed by atoms with van der Waals surface area (Å²) < 4.78 is 9.84. The van der Waals surface area contributed by atoms with Gasteiger partial charge in [0, 0.05) is 37.0 Å². The molecule has 0 spiro atoms. The molecule has 0 radical (unpaired) electrons. The highest BCUT2D eigenvalue weighted by Crippen LogP contribution is 2.17. The maximum absolute atomic E-state index is 12.6. The van der Waals surface area contributed by atoms with Gasteiger partial charge in [0.05, 0.1) is 18.3 Å². The highest BCUT2D eigenvalue weighted by atomic mass is 32.1. The van der Waals surface area contributed by atoms with Gasteiger partial charge in [-0.15, -0.1) is 0 Å². The third-order valence-corrected chi connectivity index (χ3v) is 5.70. The molecular formula is C19H22N6O2S. The minimum atomic E-state index is -0.0960. The smallest absolute Gasteiger partial charge is 0.266 e. The number of nitrogens with zero attached hydrogens (tertiary/aromatic N) is 5. The summed E-state index contributed by atoms with van der Waals surface area (Å²) in [7, 11) is 0. The molecule has 1 N–H and O–H groups in total. The molecule has 0 saturated carbocycles. The Bertz CT molecular complexity index is 1020. The first-order chi connectivity index (χ1) is 13.7. The zero-order valence-electron chi connectivity index (χ0n) is 15.5. The molecule has 1 saturated heterocycles. The highest BCUT2D eigenvalue weighted by Gasteiger charge is 2.23. The minimum Gasteiger partial charge on any atom is -0.350 e. The number of fused-ring (bicyclic) bond motifs is 1. The molecule has 3 heterocycles. The van der Waals surface area contributed by atoms with Crippen LogP contribution in [-0.4, -0.2) is 55.0 Å². The summed E-state index contributed by atoms with van der Waals surface area (Å²) in [5, 5.41) is 7.18. The number of likely N-dealkylation sites (tertiary alicyclic amines) is 1. The van der Waals surface area contributed by atoms with E-state index in [9.17, 15) is 9.59 Å². The molecule has 1 unspecified atom stereocenters. The van der Waals surface area contributed by atoms with Crippen LogP contribution in [0.25, 0.3) is 11.0 Å². The molecular weight excluding hydrogens is 376 g/mol. The molecule has 2 aromatic heterocycles. The summed E-state index contributed by atoms with van der Waals surface area (Å²) in [5.41, 5.74) is 2.07. The number of benzene rings is 1. The number of hydrogen-bond donors (Lipinski definition) is 1. The average molecular weight is 398 g/mol. The van der Waals surface area contributed by atoms with Gasteiger partial charge in [-0.3, -0.25) is 14.5 Å². The number of amides is 1. The second-order valence-corrected chi connectivity index (χ2v) is 7.48. The van der Waals surface area contributed by atoms with Crippen molar-refractivity contribution in [3.63, 3.8) is 0 Å². The molecule has 9 heteroatoms. The Morgan fingerprint density at radius 3 is 2.96 bits per heavy atom. The monoisotopic (exact) mass is 398 g/mol. The van der Waals surface area contributed by atoms with Gasteiger partial charge in [-0.2, -0.15) is 13.8 Å². The standard InChI is InChI=1S/C19H22N6O2S/c26-18-5-3-8-21-25(18)11-10-24-9-2-1-4-15(24)13-20-19(27)14-6-7-16-17(12-14)23-28-22-16/h3,5-8,12,15H,1-2,4,9-11,13H2,(H,20,27). The van der Waals surface area contributed by atoms with Crippen LogP contribution in [0.2, 0.25) is 0 Å². The van der Waals surface area contributed by atoms with E-state index >= 15 is 0 Å². The summed E-state index contributed by atoms with van der Waals surface area (Å²) in [6.45, 7) is 2.85. The predicted molar refractivity (Wildman–Crippen MR) is 107 cm³/mol. The van der Waals surface area contributed by atoms with Crippen LogP contribution in [-0.2, 0) is 6.54 Å². The molecule has 0 bridgehead atoms. The largest absolute Gasteiger partial charge is 0.350 e. The lowest BCUT2D eigenvalue weighted by Crippen LogP contribution is -2.48. The van der Waals surface area contributed by atoms with Crippen LogP contribution >= 0.6 is 11.7 Å². The SMILES string of the molecule is O=C(NCC1CCCCN1CCn1ncccc1=O)c1ccc2nsnc2c1. The molecule has 1 fully saturated rings. The van der Waals surface area contributed by atoms with Gasteiger partial charge in [0.2, 0.25) is 0 Å². The van der Waals surface area contributed by atoms with E-state index in [1.807, 2.05) is 6.07 Å². The molecule has 146 valence electrons. The van der Waals surface area contributed by atoms with E-state index in [1.165, 1.54) is 10.7 Å². The second-order valence-electron chi connectivity index (χ2n) is 6.95. The normalized spacial score (nSPS) is 17.6. The topological polar surface area (TPSA) is 93.0 Å². The van der Waals surface area contributed by atoms with Crippen molar-refractivity contribution < 1.29 is 4.79 Å². The summed E-state index contributed by atoms with van der Waals surface area (Å²) in [5.74, 6) is -0.0960. The van der Waals surface area contributed by atoms with Crippen molar-refractivity contribution >= 4 is 28.7 Å².